The monoisotopic (exact) mass is 349 g/mol. The first-order chi connectivity index (χ1) is 12.8. The van der Waals surface area contributed by atoms with Crippen LogP contribution in [0.3, 0.4) is 0 Å². The lowest BCUT2D eigenvalue weighted by atomic mass is 9.95. The highest BCUT2D eigenvalue weighted by Gasteiger charge is 2.21. The highest BCUT2D eigenvalue weighted by atomic mass is 16.3. The van der Waals surface area contributed by atoms with E-state index in [1.54, 1.807) is 0 Å². The maximum absolute atomic E-state index is 10.6. The maximum Gasteiger partial charge on any atom is 0.121 e. The van der Waals surface area contributed by atoms with Crippen LogP contribution in [0.2, 0.25) is 0 Å². The number of para-hydroxylation sites is 1. The normalized spacial score (nSPS) is 15.1. The van der Waals surface area contributed by atoms with E-state index in [9.17, 15) is 5.11 Å². The summed E-state index contributed by atoms with van der Waals surface area (Å²) in [6.45, 7) is 2.48. The van der Waals surface area contributed by atoms with Crippen molar-refractivity contribution < 1.29 is 10.4 Å². The Bertz CT molecular complexity index is 853. The van der Waals surface area contributed by atoms with Crippen molar-refractivity contribution in [1.29, 1.82) is 0 Å². The van der Waals surface area contributed by atoms with Crippen molar-refractivity contribution in [3.63, 3.8) is 0 Å². The molecule has 3 heteroatoms. The molecule has 0 aliphatic heterocycles. The van der Waals surface area contributed by atoms with Gasteiger partial charge in [0.2, 0.25) is 0 Å². The number of nitrogens with two attached hydrogens (primary N) is 1. The van der Waals surface area contributed by atoms with Gasteiger partial charge in [0, 0.05) is 23.0 Å². The quantitative estimate of drug-likeness (QED) is 0.633. The number of hydrogen-bond acceptors (Lipinski definition) is 1. The summed E-state index contributed by atoms with van der Waals surface area (Å²) in [5, 5.41) is 14.3. The van der Waals surface area contributed by atoms with Crippen molar-refractivity contribution in [2.75, 3.05) is 13.1 Å². The Morgan fingerprint density at radius 2 is 1.73 bits per heavy atom. The molecule has 2 aromatic carbocycles. The molecule has 0 amide bonds. The second-order valence-corrected chi connectivity index (χ2v) is 7.46. The number of benzene rings is 2. The molecule has 0 saturated heterocycles. The predicted molar refractivity (Wildman–Crippen MR) is 106 cm³/mol. The summed E-state index contributed by atoms with van der Waals surface area (Å²) in [4.78, 5) is 0. The van der Waals surface area contributed by atoms with Gasteiger partial charge in [-0.2, -0.15) is 0 Å². The Balaban J connectivity index is 1.39. The van der Waals surface area contributed by atoms with Crippen LogP contribution in [0.5, 0.6) is 0 Å². The van der Waals surface area contributed by atoms with Gasteiger partial charge in [-0.05, 0) is 42.9 Å². The fraction of sp³-hybridized carbons (Fsp3) is 0.391. The van der Waals surface area contributed by atoms with Gasteiger partial charge in [0.15, 0.2) is 0 Å². The van der Waals surface area contributed by atoms with Crippen LogP contribution in [0.15, 0.2) is 54.6 Å². The van der Waals surface area contributed by atoms with Gasteiger partial charge in [0.25, 0.3) is 0 Å². The zero-order valence-corrected chi connectivity index (χ0v) is 15.4. The molecule has 0 fully saturated rings. The first kappa shape index (κ1) is 17.3. The highest BCUT2D eigenvalue weighted by Crippen LogP contribution is 2.32. The van der Waals surface area contributed by atoms with Gasteiger partial charge in [0.05, 0.1) is 13.1 Å². The molecule has 1 heterocycles. The molecule has 0 saturated carbocycles. The number of aliphatic hydroxyl groups excluding tert-OH is 1. The van der Waals surface area contributed by atoms with Gasteiger partial charge in [-0.3, -0.25) is 0 Å². The number of fused-ring (bicyclic) bond motifs is 3. The SMILES string of the molecule is O[C@@H](C[NH2+]CCc1ccccc1)Cn1c2c(c3ccccc31)CCCC2. The minimum absolute atomic E-state index is 0.312. The molecule has 1 atom stereocenters. The summed E-state index contributed by atoms with van der Waals surface area (Å²) in [5.41, 5.74) is 5.64. The van der Waals surface area contributed by atoms with Crippen LogP contribution < -0.4 is 5.32 Å². The second kappa shape index (κ2) is 8.07. The molecule has 0 radical (unpaired) electrons. The van der Waals surface area contributed by atoms with E-state index in [2.05, 4.69) is 64.5 Å². The van der Waals surface area contributed by atoms with Gasteiger partial charge < -0.3 is 15.0 Å². The predicted octanol–water partition coefficient (Wildman–Crippen LogP) is 2.69. The van der Waals surface area contributed by atoms with Crippen LogP contribution in [0.4, 0.5) is 0 Å². The zero-order valence-electron chi connectivity index (χ0n) is 15.4. The average Bonchev–Trinajstić information content (AvgIpc) is 3.00. The number of aryl methyl sites for hydroxylation is 1. The summed E-state index contributed by atoms with van der Waals surface area (Å²) in [6.07, 6.45) is 5.62. The molecule has 1 aliphatic rings. The van der Waals surface area contributed by atoms with E-state index in [1.807, 2.05) is 0 Å². The Morgan fingerprint density at radius 1 is 0.962 bits per heavy atom. The number of rotatable bonds is 7. The van der Waals surface area contributed by atoms with E-state index in [1.165, 1.54) is 47.0 Å². The van der Waals surface area contributed by atoms with Crippen LogP contribution in [0.1, 0.15) is 29.7 Å². The maximum atomic E-state index is 10.6. The molecule has 0 unspecified atom stereocenters. The third-order valence-corrected chi connectivity index (χ3v) is 5.60. The topological polar surface area (TPSA) is 41.8 Å². The summed E-state index contributed by atoms with van der Waals surface area (Å²) in [5.74, 6) is 0. The molecule has 1 aliphatic carbocycles. The molecule has 0 bridgehead atoms. The molecule has 1 aromatic heterocycles. The van der Waals surface area contributed by atoms with E-state index in [0.717, 1.165) is 25.9 Å². The second-order valence-electron chi connectivity index (χ2n) is 7.46. The Hall–Kier alpha value is -2.10. The van der Waals surface area contributed by atoms with E-state index in [0.29, 0.717) is 6.54 Å². The van der Waals surface area contributed by atoms with Crippen LogP contribution >= 0.6 is 0 Å². The standard InChI is InChI=1S/C23H28N2O/c26-19(16-24-15-14-18-8-2-1-3-9-18)17-25-22-12-6-4-10-20(22)21-11-5-7-13-23(21)25/h1-4,6,8-10,12,19,24,26H,5,7,11,13-17H2/p+1/t19-/m0/s1. The smallest absolute Gasteiger partial charge is 0.121 e. The lowest BCUT2D eigenvalue weighted by Crippen LogP contribution is -2.87. The zero-order chi connectivity index (χ0) is 17.8. The molecule has 3 aromatic rings. The Kier molecular flexibility index (Phi) is 5.37. The average molecular weight is 349 g/mol. The summed E-state index contributed by atoms with van der Waals surface area (Å²) < 4.78 is 2.39. The fourth-order valence-corrected chi connectivity index (χ4v) is 4.30. The van der Waals surface area contributed by atoms with Gasteiger partial charge >= 0.3 is 0 Å². The van der Waals surface area contributed by atoms with E-state index < -0.39 is 0 Å². The van der Waals surface area contributed by atoms with E-state index >= 15 is 0 Å². The number of hydrogen-bond donors (Lipinski definition) is 2. The van der Waals surface area contributed by atoms with Crippen molar-refractivity contribution in [2.24, 2.45) is 0 Å². The van der Waals surface area contributed by atoms with E-state index in [4.69, 9.17) is 0 Å². The molecule has 3 N–H and O–H groups in total. The minimum Gasteiger partial charge on any atom is -0.385 e. The molecule has 3 nitrogen and oxygen atoms in total. The van der Waals surface area contributed by atoms with Crippen LogP contribution in [0, 0.1) is 0 Å². The van der Waals surface area contributed by atoms with Crippen molar-refractivity contribution in [3.8, 4) is 0 Å². The molecular weight excluding hydrogens is 320 g/mol. The van der Waals surface area contributed by atoms with Crippen LogP contribution in [0.25, 0.3) is 10.9 Å². The summed E-state index contributed by atoms with van der Waals surface area (Å²) in [7, 11) is 0. The number of quaternary nitrogens is 1. The third-order valence-electron chi connectivity index (χ3n) is 5.60. The summed E-state index contributed by atoms with van der Waals surface area (Å²) >= 11 is 0. The lowest BCUT2D eigenvalue weighted by Gasteiger charge is -2.18. The molecule has 4 rings (SSSR count). The van der Waals surface area contributed by atoms with Gasteiger partial charge in [-0.15, -0.1) is 0 Å². The summed E-state index contributed by atoms with van der Waals surface area (Å²) in [6, 6.07) is 19.3. The van der Waals surface area contributed by atoms with Crippen molar-refractivity contribution >= 4 is 10.9 Å². The number of aromatic nitrogens is 1. The van der Waals surface area contributed by atoms with Crippen molar-refractivity contribution in [3.05, 3.63) is 71.4 Å². The van der Waals surface area contributed by atoms with Crippen molar-refractivity contribution in [2.45, 2.75) is 44.8 Å². The first-order valence-corrected chi connectivity index (χ1v) is 9.95. The van der Waals surface area contributed by atoms with Crippen LogP contribution in [-0.4, -0.2) is 28.9 Å². The molecule has 136 valence electrons. The van der Waals surface area contributed by atoms with Gasteiger partial charge in [-0.1, -0.05) is 48.5 Å². The molecule has 26 heavy (non-hydrogen) atoms. The molecule has 0 spiro atoms. The fourth-order valence-electron chi connectivity index (χ4n) is 4.30. The number of aliphatic hydroxyl groups is 1. The first-order valence-electron chi connectivity index (χ1n) is 9.95. The lowest BCUT2D eigenvalue weighted by molar-refractivity contribution is -0.660. The van der Waals surface area contributed by atoms with Gasteiger partial charge in [0.1, 0.15) is 12.6 Å². The van der Waals surface area contributed by atoms with Gasteiger partial charge in [-0.25, -0.2) is 0 Å². The van der Waals surface area contributed by atoms with Crippen molar-refractivity contribution in [1.82, 2.24) is 4.57 Å². The Labute approximate surface area is 155 Å². The Morgan fingerprint density at radius 3 is 2.62 bits per heavy atom. The third kappa shape index (κ3) is 3.69. The minimum atomic E-state index is -0.312. The number of nitrogens with zero attached hydrogens (tertiary/aromatic N) is 1. The highest BCUT2D eigenvalue weighted by molar-refractivity contribution is 5.85. The van der Waals surface area contributed by atoms with E-state index in [-0.39, 0.29) is 6.10 Å². The largest absolute Gasteiger partial charge is 0.385 e. The molecular formula is C23H29N2O+. The van der Waals surface area contributed by atoms with Crippen LogP contribution in [-0.2, 0) is 25.8 Å².